The summed E-state index contributed by atoms with van der Waals surface area (Å²) >= 11 is 1.38. The van der Waals surface area contributed by atoms with Gasteiger partial charge in [0.15, 0.2) is 0 Å². The number of nitrogens with zero attached hydrogens (tertiary/aromatic N) is 3. The molecular formula is C25H24N4O3S. The molecule has 2 aromatic carbocycles. The predicted molar refractivity (Wildman–Crippen MR) is 126 cm³/mol. The Kier molecular flexibility index (Phi) is 6.95. The Balaban J connectivity index is 1.32. The molecule has 4 rings (SSSR count). The van der Waals surface area contributed by atoms with Gasteiger partial charge in [0.2, 0.25) is 5.91 Å². The summed E-state index contributed by atoms with van der Waals surface area (Å²) in [6.07, 6.45) is 0.188. The summed E-state index contributed by atoms with van der Waals surface area (Å²) < 4.78 is 7.24. The minimum Gasteiger partial charge on any atom is -0.455 e. The van der Waals surface area contributed by atoms with E-state index in [2.05, 4.69) is 15.4 Å². The van der Waals surface area contributed by atoms with Crippen molar-refractivity contribution >= 4 is 23.2 Å². The second-order valence-corrected chi connectivity index (χ2v) is 8.48. The number of carbonyl (C=O) groups excluding carboxylic acids is 2. The fourth-order valence-corrected chi connectivity index (χ4v) is 4.24. The van der Waals surface area contributed by atoms with E-state index in [0.717, 1.165) is 16.9 Å². The van der Waals surface area contributed by atoms with Gasteiger partial charge in [-0.1, -0.05) is 48.5 Å². The molecule has 8 heteroatoms. The third-order valence-electron chi connectivity index (χ3n) is 5.09. The van der Waals surface area contributed by atoms with Gasteiger partial charge in [-0.3, -0.25) is 4.79 Å². The molecule has 4 aromatic rings. The van der Waals surface area contributed by atoms with Gasteiger partial charge in [0, 0.05) is 11.9 Å². The van der Waals surface area contributed by atoms with E-state index in [9.17, 15) is 9.59 Å². The first-order valence-corrected chi connectivity index (χ1v) is 11.4. The van der Waals surface area contributed by atoms with E-state index in [1.165, 1.54) is 11.3 Å². The molecule has 0 radical (unpaired) electrons. The number of amides is 1. The summed E-state index contributed by atoms with van der Waals surface area (Å²) in [4.78, 5) is 29.4. The summed E-state index contributed by atoms with van der Waals surface area (Å²) in [5.74, 6) is -0.543. The van der Waals surface area contributed by atoms with E-state index in [0.29, 0.717) is 28.5 Å². The number of hydrogen-bond acceptors (Lipinski definition) is 6. The molecule has 1 N–H and O–H groups in total. The van der Waals surface area contributed by atoms with Gasteiger partial charge in [-0.05, 0) is 31.5 Å². The highest BCUT2D eigenvalue weighted by molar-refractivity contribution is 7.09. The van der Waals surface area contributed by atoms with Gasteiger partial charge >= 0.3 is 5.97 Å². The van der Waals surface area contributed by atoms with Gasteiger partial charge in [0.25, 0.3) is 0 Å². The van der Waals surface area contributed by atoms with Crippen LogP contribution in [0.4, 0.5) is 0 Å². The zero-order valence-corrected chi connectivity index (χ0v) is 19.3. The SMILES string of the molecule is Cc1nn(-c2ccccc2)c(C)c1C(=O)OCc1csc(CC(=O)NCc2ccccc2)n1. The van der Waals surface area contributed by atoms with Gasteiger partial charge < -0.3 is 10.1 Å². The molecule has 0 aliphatic rings. The maximum Gasteiger partial charge on any atom is 0.342 e. The van der Waals surface area contributed by atoms with Crippen molar-refractivity contribution in [1.29, 1.82) is 0 Å². The van der Waals surface area contributed by atoms with E-state index in [4.69, 9.17) is 4.74 Å². The molecule has 0 saturated carbocycles. The van der Waals surface area contributed by atoms with Crippen molar-refractivity contribution in [3.05, 3.63) is 99.3 Å². The fraction of sp³-hybridized carbons (Fsp3) is 0.200. The number of carbonyl (C=O) groups is 2. The number of para-hydroxylation sites is 1. The monoisotopic (exact) mass is 460 g/mol. The first kappa shape index (κ1) is 22.4. The molecule has 0 fully saturated rings. The van der Waals surface area contributed by atoms with Crippen LogP contribution in [0.5, 0.6) is 0 Å². The third kappa shape index (κ3) is 5.53. The molecule has 0 aliphatic carbocycles. The lowest BCUT2D eigenvalue weighted by atomic mass is 10.2. The van der Waals surface area contributed by atoms with Crippen LogP contribution in [0, 0.1) is 13.8 Å². The highest BCUT2D eigenvalue weighted by Gasteiger charge is 2.21. The van der Waals surface area contributed by atoms with E-state index >= 15 is 0 Å². The van der Waals surface area contributed by atoms with Crippen LogP contribution >= 0.6 is 11.3 Å². The Morgan fingerprint density at radius 3 is 2.45 bits per heavy atom. The van der Waals surface area contributed by atoms with Crippen LogP contribution in [0.2, 0.25) is 0 Å². The number of thiazole rings is 1. The van der Waals surface area contributed by atoms with Crippen molar-refractivity contribution in [3.63, 3.8) is 0 Å². The maximum absolute atomic E-state index is 12.7. The highest BCUT2D eigenvalue weighted by Crippen LogP contribution is 2.20. The van der Waals surface area contributed by atoms with E-state index in [1.807, 2.05) is 67.6 Å². The van der Waals surface area contributed by atoms with Crippen molar-refractivity contribution in [1.82, 2.24) is 20.1 Å². The van der Waals surface area contributed by atoms with E-state index in [-0.39, 0.29) is 18.9 Å². The second kappa shape index (κ2) is 10.2. The number of ether oxygens (including phenoxy) is 1. The summed E-state index contributed by atoms with van der Waals surface area (Å²) in [6, 6.07) is 19.4. The van der Waals surface area contributed by atoms with Crippen molar-refractivity contribution in [2.75, 3.05) is 0 Å². The van der Waals surface area contributed by atoms with Gasteiger partial charge in [-0.25, -0.2) is 14.5 Å². The normalized spacial score (nSPS) is 10.7. The van der Waals surface area contributed by atoms with Crippen LogP contribution in [0.1, 0.15) is 38.0 Å². The molecule has 0 aliphatic heterocycles. The van der Waals surface area contributed by atoms with Crippen LogP contribution in [0.3, 0.4) is 0 Å². The minimum absolute atomic E-state index is 0.0381. The average molecular weight is 461 g/mol. The van der Waals surface area contributed by atoms with Crippen LogP contribution in [-0.4, -0.2) is 26.6 Å². The molecule has 2 aromatic heterocycles. The average Bonchev–Trinajstić information content (AvgIpc) is 3.40. The number of hydrogen-bond donors (Lipinski definition) is 1. The number of esters is 1. The maximum atomic E-state index is 12.7. The number of nitrogens with one attached hydrogen (secondary N) is 1. The van der Waals surface area contributed by atoms with Gasteiger partial charge in [0.1, 0.15) is 17.2 Å². The largest absolute Gasteiger partial charge is 0.455 e. The molecule has 0 spiro atoms. The van der Waals surface area contributed by atoms with E-state index in [1.54, 1.807) is 17.0 Å². The fourth-order valence-electron chi connectivity index (χ4n) is 3.46. The molecule has 0 atom stereocenters. The van der Waals surface area contributed by atoms with Gasteiger partial charge in [0.05, 0.1) is 29.2 Å². The number of rotatable bonds is 8. The van der Waals surface area contributed by atoms with Crippen LogP contribution in [-0.2, 0) is 29.1 Å². The van der Waals surface area contributed by atoms with Crippen LogP contribution < -0.4 is 5.32 Å². The zero-order chi connectivity index (χ0) is 23.2. The van der Waals surface area contributed by atoms with Crippen molar-refractivity contribution in [3.8, 4) is 5.69 Å². The smallest absolute Gasteiger partial charge is 0.342 e. The lowest BCUT2D eigenvalue weighted by Gasteiger charge is -2.05. The second-order valence-electron chi connectivity index (χ2n) is 7.54. The highest BCUT2D eigenvalue weighted by atomic mass is 32.1. The summed E-state index contributed by atoms with van der Waals surface area (Å²) in [5, 5.41) is 9.86. The Bertz CT molecular complexity index is 1250. The Morgan fingerprint density at radius 1 is 1.03 bits per heavy atom. The molecule has 1 amide bonds. The minimum atomic E-state index is -0.442. The zero-order valence-electron chi connectivity index (χ0n) is 18.4. The number of aromatic nitrogens is 3. The van der Waals surface area contributed by atoms with Gasteiger partial charge in [-0.2, -0.15) is 5.10 Å². The topological polar surface area (TPSA) is 86.1 Å². The number of aryl methyl sites for hydroxylation is 1. The predicted octanol–water partition coefficient (Wildman–Crippen LogP) is 4.16. The molecule has 33 heavy (non-hydrogen) atoms. The van der Waals surface area contributed by atoms with Crippen molar-refractivity contribution < 1.29 is 14.3 Å². The summed E-state index contributed by atoms with van der Waals surface area (Å²) in [5.41, 5.74) is 4.32. The lowest BCUT2D eigenvalue weighted by molar-refractivity contribution is -0.120. The van der Waals surface area contributed by atoms with Crippen molar-refractivity contribution in [2.45, 2.75) is 33.4 Å². The molecule has 0 unspecified atom stereocenters. The quantitative estimate of drug-likeness (QED) is 0.399. The molecule has 168 valence electrons. The molecule has 2 heterocycles. The van der Waals surface area contributed by atoms with Crippen LogP contribution in [0.25, 0.3) is 5.69 Å². The summed E-state index contributed by atoms with van der Waals surface area (Å²) in [6.45, 7) is 4.15. The molecule has 0 saturated heterocycles. The Labute approximate surface area is 196 Å². The number of benzene rings is 2. The first-order chi connectivity index (χ1) is 16.0. The van der Waals surface area contributed by atoms with E-state index < -0.39 is 5.97 Å². The third-order valence-corrected chi connectivity index (χ3v) is 5.99. The first-order valence-electron chi connectivity index (χ1n) is 10.5. The standard InChI is InChI=1S/C25H24N4O3S/c1-17-24(18(2)29(28-17)21-11-7-4-8-12-21)25(31)32-15-20-16-33-23(27-20)13-22(30)26-14-19-9-5-3-6-10-19/h3-12,16H,13-15H2,1-2H3,(H,26,30). The summed E-state index contributed by atoms with van der Waals surface area (Å²) in [7, 11) is 0. The van der Waals surface area contributed by atoms with Crippen LogP contribution in [0.15, 0.2) is 66.0 Å². The Hall–Kier alpha value is -3.78. The Morgan fingerprint density at radius 2 is 1.73 bits per heavy atom. The molecule has 0 bridgehead atoms. The van der Waals surface area contributed by atoms with Gasteiger partial charge in [-0.15, -0.1) is 11.3 Å². The molecule has 7 nitrogen and oxygen atoms in total. The van der Waals surface area contributed by atoms with Crippen molar-refractivity contribution in [2.24, 2.45) is 0 Å². The lowest BCUT2D eigenvalue weighted by Crippen LogP contribution is -2.24. The molecular weight excluding hydrogens is 436 g/mol.